The van der Waals surface area contributed by atoms with Gasteiger partial charge < -0.3 is 16.6 Å². The van der Waals surface area contributed by atoms with Gasteiger partial charge in [0.1, 0.15) is 6.10 Å². The lowest BCUT2D eigenvalue weighted by atomic mass is 10.2. The first-order chi connectivity index (χ1) is 6.57. The van der Waals surface area contributed by atoms with Crippen molar-refractivity contribution in [2.24, 2.45) is 11.5 Å². The van der Waals surface area contributed by atoms with E-state index >= 15 is 0 Å². The topological polar surface area (TPSA) is 106 Å². The smallest absolute Gasteiger partial charge is 0.217 e. The zero-order valence-corrected chi connectivity index (χ0v) is 8.24. The van der Waals surface area contributed by atoms with Crippen molar-refractivity contribution in [3.63, 3.8) is 0 Å². The second-order valence-corrected chi connectivity index (χ2v) is 3.25. The average Bonchev–Trinajstić information content (AvgIpc) is 2.75. The zero-order chi connectivity index (χ0) is 11.0. The molecule has 5 heteroatoms. The molecule has 0 saturated heterocycles. The Morgan fingerprint density at radius 3 is 2.21 bits per heavy atom. The van der Waals surface area contributed by atoms with Crippen LogP contribution in [0, 0.1) is 0 Å². The molecule has 1 atom stereocenters. The van der Waals surface area contributed by atoms with Crippen LogP contribution in [0.1, 0.15) is 32.1 Å². The Balaban J connectivity index is 0.000000280. The molecule has 1 aliphatic rings. The number of hydrogen-bond donors (Lipinski definition) is 3. The lowest BCUT2D eigenvalue weighted by Gasteiger charge is -1.93. The van der Waals surface area contributed by atoms with Crippen LogP contribution in [0.2, 0.25) is 0 Å². The summed E-state index contributed by atoms with van der Waals surface area (Å²) in [6.45, 7) is 0.707. The Labute approximate surface area is 83.5 Å². The van der Waals surface area contributed by atoms with Crippen LogP contribution in [0.4, 0.5) is 0 Å². The van der Waals surface area contributed by atoms with E-state index in [9.17, 15) is 9.59 Å². The summed E-state index contributed by atoms with van der Waals surface area (Å²) in [5, 5.41) is 8.09. The van der Waals surface area contributed by atoms with Crippen LogP contribution in [0.15, 0.2) is 0 Å². The van der Waals surface area contributed by atoms with Crippen LogP contribution in [0.25, 0.3) is 0 Å². The first-order valence-electron chi connectivity index (χ1n) is 4.77. The summed E-state index contributed by atoms with van der Waals surface area (Å²) < 4.78 is 0. The third-order valence-electron chi connectivity index (χ3n) is 1.73. The standard InChI is InChI=1S/C6H14N2O.C3H4O2/c7-5-3-1-2-4-6(8)9;4-2-1-3(2)5/h1-5,7H2,(H2,8,9);2,4H,1H2. The van der Waals surface area contributed by atoms with E-state index in [1.54, 1.807) is 0 Å². The normalized spacial score (nSPS) is 18.4. The molecule has 0 aromatic carbocycles. The van der Waals surface area contributed by atoms with Gasteiger partial charge in [-0.05, 0) is 19.4 Å². The van der Waals surface area contributed by atoms with Crippen molar-refractivity contribution < 1.29 is 14.7 Å². The van der Waals surface area contributed by atoms with E-state index in [2.05, 4.69) is 0 Å². The van der Waals surface area contributed by atoms with Crippen LogP contribution in [0.3, 0.4) is 0 Å². The summed E-state index contributed by atoms with van der Waals surface area (Å²) >= 11 is 0. The number of hydrogen-bond acceptors (Lipinski definition) is 4. The van der Waals surface area contributed by atoms with Crippen molar-refractivity contribution in [3.05, 3.63) is 0 Å². The van der Waals surface area contributed by atoms with Crippen molar-refractivity contribution in [2.75, 3.05) is 6.54 Å². The maximum Gasteiger partial charge on any atom is 0.217 e. The molecule has 0 heterocycles. The Hall–Kier alpha value is -0.940. The van der Waals surface area contributed by atoms with Crippen LogP contribution in [-0.4, -0.2) is 29.4 Å². The maximum atomic E-state index is 10.2. The second-order valence-electron chi connectivity index (χ2n) is 3.25. The number of aliphatic hydroxyl groups is 1. The molecule has 82 valence electrons. The Kier molecular flexibility index (Phi) is 6.96. The van der Waals surface area contributed by atoms with E-state index in [0.717, 1.165) is 19.3 Å². The lowest BCUT2D eigenvalue weighted by Crippen LogP contribution is -2.09. The second kappa shape index (κ2) is 7.46. The molecule has 1 aliphatic carbocycles. The van der Waals surface area contributed by atoms with Gasteiger partial charge in [-0.1, -0.05) is 6.42 Å². The predicted octanol–water partition coefficient (Wildman–Crippen LogP) is -0.689. The Morgan fingerprint density at radius 2 is 1.93 bits per heavy atom. The highest BCUT2D eigenvalue weighted by Gasteiger charge is 2.31. The number of unbranched alkanes of at least 4 members (excludes halogenated alkanes) is 2. The first kappa shape index (κ1) is 13.1. The molecule has 0 spiro atoms. The number of ketones is 1. The largest absolute Gasteiger partial charge is 0.385 e. The van der Waals surface area contributed by atoms with Gasteiger partial charge in [0, 0.05) is 12.8 Å². The van der Waals surface area contributed by atoms with Crippen molar-refractivity contribution in [1.29, 1.82) is 0 Å². The highest BCUT2D eigenvalue weighted by Crippen LogP contribution is 2.11. The molecule has 1 fully saturated rings. The molecule has 0 aromatic heterocycles. The van der Waals surface area contributed by atoms with Crippen LogP contribution < -0.4 is 11.5 Å². The van der Waals surface area contributed by atoms with Gasteiger partial charge in [0.25, 0.3) is 0 Å². The fourth-order valence-electron chi connectivity index (χ4n) is 0.752. The maximum absolute atomic E-state index is 10.2. The zero-order valence-electron chi connectivity index (χ0n) is 8.24. The van der Waals surface area contributed by atoms with Gasteiger partial charge in [0.05, 0.1) is 0 Å². The van der Waals surface area contributed by atoms with E-state index in [0.29, 0.717) is 19.4 Å². The molecule has 5 nitrogen and oxygen atoms in total. The fraction of sp³-hybridized carbons (Fsp3) is 0.778. The molecular weight excluding hydrogens is 184 g/mol. The number of Topliss-reactive ketones (excluding diaryl/α,β-unsaturated/α-hetero) is 1. The van der Waals surface area contributed by atoms with Crippen LogP contribution in [-0.2, 0) is 9.59 Å². The molecule has 1 unspecified atom stereocenters. The summed E-state index contributed by atoms with van der Waals surface area (Å²) in [5.41, 5.74) is 10.1. The SMILES string of the molecule is NCCCCCC(N)=O.O=C1CC1O. The number of rotatable bonds is 5. The number of aliphatic hydroxyl groups excluding tert-OH is 1. The Morgan fingerprint density at radius 1 is 1.43 bits per heavy atom. The average molecular weight is 202 g/mol. The molecule has 5 N–H and O–H groups in total. The molecule has 1 amide bonds. The number of carbonyl (C=O) groups is 2. The highest BCUT2D eigenvalue weighted by atomic mass is 16.3. The predicted molar refractivity (Wildman–Crippen MR) is 52.3 cm³/mol. The van der Waals surface area contributed by atoms with E-state index in [4.69, 9.17) is 16.6 Å². The van der Waals surface area contributed by atoms with Crippen molar-refractivity contribution in [1.82, 2.24) is 0 Å². The third-order valence-corrected chi connectivity index (χ3v) is 1.73. The molecular formula is C9H18N2O3. The minimum absolute atomic E-state index is 0.0231. The fourth-order valence-corrected chi connectivity index (χ4v) is 0.752. The summed E-state index contributed by atoms with van der Waals surface area (Å²) in [7, 11) is 0. The van der Waals surface area contributed by atoms with Crippen LogP contribution in [0.5, 0.6) is 0 Å². The van der Waals surface area contributed by atoms with Crippen molar-refractivity contribution >= 4 is 11.7 Å². The van der Waals surface area contributed by atoms with E-state index in [1.165, 1.54) is 0 Å². The monoisotopic (exact) mass is 202 g/mol. The minimum Gasteiger partial charge on any atom is -0.385 e. The van der Waals surface area contributed by atoms with Gasteiger partial charge in [-0.15, -0.1) is 0 Å². The van der Waals surface area contributed by atoms with Gasteiger partial charge in [0.2, 0.25) is 5.91 Å². The minimum atomic E-state index is -0.588. The summed E-state index contributed by atoms with van der Waals surface area (Å²) in [6, 6.07) is 0. The molecule has 0 aromatic rings. The van der Waals surface area contributed by atoms with Gasteiger partial charge in [0.15, 0.2) is 5.78 Å². The summed E-state index contributed by atoms with van der Waals surface area (Å²) in [4.78, 5) is 19.8. The van der Waals surface area contributed by atoms with Gasteiger partial charge >= 0.3 is 0 Å². The van der Waals surface area contributed by atoms with Crippen LogP contribution >= 0.6 is 0 Å². The number of primary amides is 1. The molecule has 0 aliphatic heterocycles. The number of nitrogens with two attached hydrogens (primary N) is 2. The third kappa shape index (κ3) is 9.15. The Bertz CT molecular complexity index is 194. The highest BCUT2D eigenvalue weighted by molar-refractivity contribution is 5.98. The summed E-state index contributed by atoms with van der Waals surface area (Å²) in [5.74, 6) is -0.239. The van der Waals surface area contributed by atoms with E-state index in [-0.39, 0.29) is 11.7 Å². The van der Waals surface area contributed by atoms with Crippen molar-refractivity contribution in [2.45, 2.75) is 38.2 Å². The molecule has 1 rings (SSSR count). The molecule has 0 bridgehead atoms. The number of carbonyl (C=O) groups excluding carboxylic acids is 2. The lowest BCUT2D eigenvalue weighted by molar-refractivity contribution is -0.118. The number of amides is 1. The molecule has 0 radical (unpaired) electrons. The van der Waals surface area contributed by atoms with Gasteiger partial charge in [-0.2, -0.15) is 0 Å². The molecule has 1 saturated carbocycles. The van der Waals surface area contributed by atoms with Crippen molar-refractivity contribution in [3.8, 4) is 0 Å². The van der Waals surface area contributed by atoms with Gasteiger partial charge in [-0.3, -0.25) is 9.59 Å². The van der Waals surface area contributed by atoms with Gasteiger partial charge in [-0.25, -0.2) is 0 Å². The van der Waals surface area contributed by atoms with E-state index < -0.39 is 6.10 Å². The summed E-state index contributed by atoms with van der Waals surface area (Å²) in [6.07, 6.45) is 3.19. The molecule has 14 heavy (non-hydrogen) atoms. The quantitative estimate of drug-likeness (QED) is 0.513. The van der Waals surface area contributed by atoms with E-state index in [1.807, 2.05) is 0 Å². The first-order valence-corrected chi connectivity index (χ1v) is 4.77.